The molecule has 1 aliphatic carbocycles. The lowest BCUT2D eigenvalue weighted by Crippen LogP contribution is -2.26. The highest BCUT2D eigenvalue weighted by atomic mass is 19.3. The monoisotopic (exact) mass is 423 g/mol. The molecule has 0 saturated heterocycles. The number of rotatable bonds is 4. The van der Waals surface area contributed by atoms with Crippen LogP contribution in [0.15, 0.2) is 24.5 Å². The van der Waals surface area contributed by atoms with Gasteiger partial charge >= 0.3 is 0 Å². The predicted octanol–water partition coefficient (Wildman–Crippen LogP) is 6.09. The molecule has 1 aromatic heterocycles. The van der Waals surface area contributed by atoms with Crippen molar-refractivity contribution in [1.29, 1.82) is 0 Å². The number of hydrogen-bond donors (Lipinski definition) is 1. The molecule has 1 aromatic carbocycles. The van der Waals surface area contributed by atoms with E-state index >= 15 is 0 Å². The van der Waals surface area contributed by atoms with Crippen molar-refractivity contribution in [2.24, 2.45) is 5.41 Å². The highest BCUT2D eigenvalue weighted by Crippen LogP contribution is 2.44. The predicted molar refractivity (Wildman–Crippen MR) is 106 cm³/mol. The molecule has 0 radical (unpaired) electrons. The minimum atomic E-state index is -2.73. The van der Waals surface area contributed by atoms with Crippen LogP contribution in [0.2, 0.25) is 0 Å². The second-order valence-corrected chi connectivity index (χ2v) is 9.02. The smallest absolute Gasteiger partial charge is 0.248 e. The summed E-state index contributed by atoms with van der Waals surface area (Å²) in [5.74, 6) is -4.76. The number of alkyl halides is 2. The first-order chi connectivity index (χ1) is 14.0. The molecule has 0 aliphatic heterocycles. The third-order valence-corrected chi connectivity index (χ3v) is 5.12. The maximum atomic E-state index is 14.5. The quantitative estimate of drug-likeness (QED) is 0.606. The summed E-state index contributed by atoms with van der Waals surface area (Å²) in [5, 5.41) is 2.76. The van der Waals surface area contributed by atoms with E-state index in [0.717, 1.165) is 18.2 Å². The number of amides is 1. The van der Waals surface area contributed by atoms with Crippen LogP contribution in [0, 0.1) is 17.0 Å². The van der Waals surface area contributed by atoms with E-state index < -0.39 is 17.6 Å². The zero-order valence-electron chi connectivity index (χ0n) is 17.2. The van der Waals surface area contributed by atoms with Crippen molar-refractivity contribution in [1.82, 2.24) is 9.97 Å². The van der Waals surface area contributed by atoms with Crippen LogP contribution in [-0.2, 0) is 4.79 Å². The van der Waals surface area contributed by atoms with Gasteiger partial charge in [-0.2, -0.15) is 0 Å². The highest BCUT2D eigenvalue weighted by molar-refractivity contribution is 5.95. The first-order valence-electron chi connectivity index (χ1n) is 9.93. The number of benzene rings is 1. The highest BCUT2D eigenvalue weighted by Gasteiger charge is 2.37. The molecule has 1 saturated carbocycles. The minimum Gasteiger partial charge on any atom is -0.323 e. The molecular formula is C22H25F4N3O. The Labute approximate surface area is 173 Å². The van der Waals surface area contributed by atoms with Gasteiger partial charge in [0.25, 0.3) is 0 Å². The summed E-state index contributed by atoms with van der Waals surface area (Å²) < 4.78 is 55.6. The van der Waals surface area contributed by atoms with E-state index in [4.69, 9.17) is 0 Å². The maximum absolute atomic E-state index is 14.5. The molecule has 1 heterocycles. The lowest BCUT2D eigenvalue weighted by atomic mass is 9.83. The van der Waals surface area contributed by atoms with E-state index in [1.165, 1.54) is 6.33 Å². The number of anilines is 1. The Morgan fingerprint density at radius 1 is 1.17 bits per heavy atom. The summed E-state index contributed by atoms with van der Waals surface area (Å²) in [6.45, 7) is 5.68. The Morgan fingerprint density at radius 2 is 1.83 bits per heavy atom. The van der Waals surface area contributed by atoms with Crippen LogP contribution in [0.1, 0.15) is 64.5 Å². The van der Waals surface area contributed by atoms with Gasteiger partial charge in [0.1, 0.15) is 23.7 Å². The molecule has 1 aliphatic rings. The molecule has 1 fully saturated rings. The first-order valence-corrected chi connectivity index (χ1v) is 9.93. The van der Waals surface area contributed by atoms with Crippen molar-refractivity contribution in [3.8, 4) is 11.3 Å². The second-order valence-electron chi connectivity index (χ2n) is 9.02. The molecule has 3 rings (SSSR count). The summed E-state index contributed by atoms with van der Waals surface area (Å²) in [5.41, 5.74) is 0.146. The van der Waals surface area contributed by atoms with Gasteiger partial charge in [0, 0.05) is 30.7 Å². The van der Waals surface area contributed by atoms with Crippen molar-refractivity contribution in [3.63, 3.8) is 0 Å². The Balaban J connectivity index is 2.06. The molecule has 4 nitrogen and oxygen atoms in total. The van der Waals surface area contributed by atoms with Crippen molar-refractivity contribution < 1.29 is 22.4 Å². The SMILES string of the molecule is CC(C)(C)CC(=O)Nc1c(-c2cc(F)ccc2F)ncnc1C1CCC(F)(F)CC1. The molecule has 1 amide bonds. The van der Waals surface area contributed by atoms with Gasteiger partial charge in [0.15, 0.2) is 0 Å². The summed E-state index contributed by atoms with van der Waals surface area (Å²) in [6, 6.07) is 2.96. The number of halogens is 4. The fourth-order valence-corrected chi connectivity index (χ4v) is 3.69. The van der Waals surface area contributed by atoms with Gasteiger partial charge in [-0.1, -0.05) is 20.8 Å². The van der Waals surface area contributed by atoms with Crippen molar-refractivity contribution in [2.45, 2.75) is 64.7 Å². The molecule has 0 bridgehead atoms. The molecule has 162 valence electrons. The van der Waals surface area contributed by atoms with Gasteiger partial charge in [-0.05, 0) is 36.5 Å². The van der Waals surface area contributed by atoms with E-state index in [2.05, 4.69) is 15.3 Å². The number of hydrogen-bond acceptors (Lipinski definition) is 3. The average Bonchev–Trinajstić information content (AvgIpc) is 2.63. The van der Waals surface area contributed by atoms with Crippen molar-refractivity contribution in [2.75, 3.05) is 5.32 Å². The summed E-state index contributed by atoms with van der Waals surface area (Å²) in [7, 11) is 0. The van der Waals surface area contributed by atoms with E-state index in [1.54, 1.807) is 0 Å². The number of carbonyl (C=O) groups is 1. The van der Waals surface area contributed by atoms with Crippen molar-refractivity contribution in [3.05, 3.63) is 41.9 Å². The van der Waals surface area contributed by atoms with Crippen LogP contribution in [0.3, 0.4) is 0 Å². The summed E-state index contributed by atoms with van der Waals surface area (Å²) in [6.07, 6.45) is 1.15. The molecule has 1 N–H and O–H groups in total. The average molecular weight is 423 g/mol. The van der Waals surface area contributed by atoms with Crippen molar-refractivity contribution >= 4 is 11.6 Å². The Hall–Kier alpha value is -2.51. The van der Waals surface area contributed by atoms with Crippen LogP contribution in [0.25, 0.3) is 11.3 Å². The summed E-state index contributed by atoms with van der Waals surface area (Å²) >= 11 is 0. The normalized spacial score (nSPS) is 17.0. The van der Waals surface area contributed by atoms with Gasteiger partial charge < -0.3 is 5.32 Å². The Kier molecular flexibility index (Phi) is 6.15. The maximum Gasteiger partial charge on any atom is 0.248 e. The number of carbonyl (C=O) groups excluding carboxylic acids is 1. The molecular weight excluding hydrogens is 398 g/mol. The van der Waals surface area contributed by atoms with E-state index in [0.29, 0.717) is 5.69 Å². The van der Waals surface area contributed by atoms with Crippen LogP contribution in [0.4, 0.5) is 23.2 Å². The summed E-state index contributed by atoms with van der Waals surface area (Å²) in [4.78, 5) is 21.0. The van der Waals surface area contributed by atoms with Gasteiger partial charge in [-0.3, -0.25) is 4.79 Å². The first kappa shape index (κ1) is 22.2. The van der Waals surface area contributed by atoms with Crippen LogP contribution in [0.5, 0.6) is 0 Å². The molecule has 0 unspecified atom stereocenters. The Morgan fingerprint density at radius 3 is 2.47 bits per heavy atom. The lowest BCUT2D eigenvalue weighted by molar-refractivity contribution is -0.117. The van der Waals surface area contributed by atoms with Crippen LogP contribution in [-0.4, -0.2) is 21.8 Å². The molecule has 8 heteroatoms. The van der Waals surface area contributed by atoms with Crippen LogP contribution >= 0.6 is 0 Å². The van der Waals surface area contributed by atoms with E-state index in [-0.39, 0.29) is 66.3 Å². The lowest BCUT2D eigenvalue weighted by Gasteiger charge is -2.29. The molecule has 0 spiro atoms. The fraction of sp³-hybridized carbons (Fsp3) is 0.500. The van der Waals surface area contributed by atoms with E-state index in [1.807, 2.05) is 20.8 Å². The standard InChI is InChI=1S/C22H25F4N3O/c1-21(2,3)11-17(30)29-20-18(13-6-8-22(25,26)9-7-13)27-12-28-19(20)15-10-14(23)4-5-16(15)24/h4-5,10,12-13H,6-9,11H2,1-3H3,(H,29,30). The van der Waals surface area contributed by atoms with E-state index in [9.17, 15) is 22.4 Å². The number of nitrogens with zero attached hydrogens (tertiary/aromatic N) is 2. The number of aromatic nitrogens is 2. The van der Waals surface area contributed by atoms with Gasteiger partial charge in [0.05, 0.1) is 11.4 Å². The third-order valence-electron chi connectivity index (χ3n) is 5.12. The third kappa shape index (κ3) is 5.34. The van der Waals surface area contributed by atoms with Gasteiger partial charge in [0.2, 0.25) is 11.8 Å². The van der Waals surface area contributed by atoms with Gasteiger partial charge in [-0.15, -0.1) is 0 Å². The zero-order chi connectivity index (χ0) is 22.1. The largest absolute Gasteiger partial charge is 0.323 e. The molecule has 2 aromatic rings. The second kappa shape index (κ2) is 8.32. The topological polar surface area (TPSA) is 54.9 Å². The molecule has 30 heavy (non-hydrogen) atoms. The minimum absolute atomic E-state index is 0.0385. The van der Waals surface area contributed by atoms with Gasteiger partial charge in [-0.25, -0.2) is 27.5 Å². The molecule has 0 atom stereocenters. The van der Waals surface area contributed by atoms with Crippen LogP contribution < -0.4 is 5.32 Å². The number of nitrogens with one attached hydrogen (secondary N) is 1. The zero-order valence-corrected chi connectivity index (χ0v) is 17.2. The fourth-order valence-electron chi connectivity index (χ4n) is 3.69. The Bertz CT molecular complexity index is 930.